The first-order valence-electron chi connectivity index (χ1n) is 11.6. The maximum atomic E-state index is 12.6. The highest BCUT2D eigenvalue weighted by atomic mass is 16.5. The summed E-state index contributed by atoms with van der Waals surface area (Å²) in [6.45, 7) is 3.22. The zero-order valence-corrected chi connectivity index (χ0v) is 19.1. The summed E-state index contributed by atoms with van der Waals surface area (Å²) < 4.78 is 5.04. The number of piperidine rings is 1. The van der Waals surface area contributed by atoms with Gasteiger partial charge >= 0.3 is 12.0 Å². The minimum absolute atomic E-state index is 0.0326. The highest BCUT2D eigenvalue weighted by molar-refractivity contribution is 6.07. The van der Waals surface area contributed by atoms with Gasteiger partial charge in [0.1, 0.15) is 5.54 Å². The molecule has 0 radical (unpaired) electrons. The number of urea groups is 1. The van der Waals surface area contributed by atoms with E-state index in [9.17, 15) is 24.0 Å². The molecule has 1 saturated carbocycles. The van der Waals surface area contributed by atoms with Crippen molar-refractivity contribution in [1.29, 1.82) is 0 Å². The van der Waals surface area contributed by atoms with Gasteiger partial charge in [-0.1, -0.05) is 12.8 Å². The van der Waals surface area contributed by atoms with Crippen molar-refractivity contribution in [2.75, 3.05) is 39.8 Å². The Bertz CT molecular complexity index is 756. The summed E-state index contributed by atoms with van der Waals surface area (Å²) in [5.41, 5.74) is -0.731. The van der Waals surface area contributed by atoms with Gasteiger partial charge in [0.05, 0.1) is 19.1 Å². The van der Waals surface area contributed by atoms with E-state index < -0.39 is 5.54 Å². The fourth-order valence-electron chi connectivity index (χ4n) is 4.79. The third-order valence-electron chi connectivity index (χ3n) is 6.74. The van der Waals surface area contributed by atoms with Crippen LogP contribution in [0.1, 0.15) is 58.3 Å². The Kier molecular flexibility index (Phi) is 7.73. The van der Waals surface area contributed by atoms with Gasteiger partial charge in [-0.3, -0.25) is 24.1 Å². The van der Waals surface area contributed by atoms with Gasteiger partial charge in [0.25, 0.3) is 5.91 Å². The number of ether oxygens (including phenoxy) is 1. The molecule has 10 heteroatoms. The van der Waals surface area contributed by atoms with Crippen molar-refractivity contribution >= 4 is 29.7 Å². The number of hydrogen-bond donors (Lipinski definition) is 1. The smallest absolute Gasteiger partial charge is 0.325 e. The Morgan fingerprint density at radius 3 is 2.44 bits per heavy atom. The topological polar surface area (TPSA) is 116 Å². The van der Waals surface area contributed by atoms with Crippen LogP contribution in [0.3, 0.4) is 0 Å². The lowest BCUT2D eigenvalue weighted by molar-refractivity contribution is -0.151. The van der Waals surface area contributed by atoms with Crippen molar-refractivity contribution < 1.29 is 28.7 Å². The molecule has 2 aliphatic heterocycles. The number of imide groups is 1. The number of nitrogens with zero attached hydrogens (tertiary/aromatic N) is 3. The van der Waals surface area contributed by atoms with Crippen LogP contribution in [0, 0.1) is 5.92 Å². The summed E-state index contributed by atoms with van der Waals surface area (Å²) in [6, 6.07) is -0.376. The molecule has 2 heterocycles. The average Bonchev–Trinajstić information content (AvgIpc) is 3.33. The highest BCUT2D eigenvalue weighted by Gasteiger charge is 2.52. The average molecular weight is 451 g/mol. The third-order valence-corrected chi connectivity index (χ3v) is 6.74. The molecular weight excluding hydrogens is 416 g/mol. The van der Waals surface area contributed by atoms with Crippen LogP contribution in [-0.2, 0) is 23.9 Å². The lowest BCUT2D eigenvalue weighted by atomic mass is 9.97. The minimum Gasteiger partial charge on any atom is -0.466 e. The molecule has 10 nitrogen and oxygen atoms in total. The summed E-state index contributed by atoms with van der Waals surface area (Å²) in [5.74, 6) is -0.923. The van der Waals surface area contributed by atoms with Gasteiger partial charge in [0.2, 0.25) is 11.8 Å². The number of carbonyl (C=O) groups excluding carboxylic acids is 5. The largest absolute Gasteiger partial charge is 0.466 e. The maximum absolute atomic E-state index is 12.6. The number of hydrogen-bond acceptors (Lipinski definition) is 6. The van der Waals surface area contributed by atoms with Crippen LogP contribution in [0.15, 0.2) is 0 Å². The second kappa shape index (κ2) is 10.3. The molecule has 1 aliphatic carbocycles. The van der Waals surface area contributed by atoms with Crippen LogP contribution >= 0.6 is 0 Å². The number of likely N-dealkylation sites (N-methyl/N-ethyl adjacent to an activating group) is 1. The molecule has 0 bridgehead atoms. The molecular formula is C22H34N4O6. The Labute approximate surface area is 188 Å². The van der Waals surface area contributed by atoms with Gasteiger partial charge in [0, 0.05) is 33.1 Å². The van der Waals surface area contributed by atoms with Crippen molar-refractivity contribution in [3.8, 4) is 0 Å². The molecule has 3 rings (SSSR count). The van der Waals surface area contributed by atoms with Crippen LogP contribution in [-0.4, -0.2) is 89.8 Å². The summed E-state index contributed by atoms with van der Waals surface area (Å²) >= 11 is 0. The van der Waals surface area contributed by atoms with Crippen LogP contribution in [0.4, 0.5) is 4.79 Å². The number of carbonyl (C=O) groups is 5. The standard InChI is InChI=1S/C22H34N4O6/c1-3-32-19(29)16-8-13-25(14-9-16)18(28)15-24(2)17(27)7-6-12-26-20(30)22(23-21(26)31)10-4-5-11-22/h16H,3-15H2,1-2H3,(H,23,31). The third kappa shape index (κ3) is 5.21. The lowest BCUT2D eigenvalue weighted by Gasteiger charge is -2.32. The molecule has 3 fully saturated rings. The Morgan fingerprint density at radius 2 is 1.81 bits per heavy atom. The number of likely N-dealkylation sites (tertiary alicyclic amines) is 1. The SMILES string of the molecule is CCOC(=O)C1CCN(C(=O)CN(C)C(=O)CCCN2C(=O)NC3(CCCC3)C2=O)CC1. The molecule has 2 saturated heterocycles. The number of rotatable bonds is 8. The van der Waals surface area contributed by atoms with Crippen molar-refractivity contribution in [3.05, 3.63) is 0 Å². The van der Waals surface area contributed by atoms with E-state index in [1.807, 2.05) is 0 Å². The van der Waals surface area contributed by atoms with E-state index in [1.165, 1.54) is 9.80 Å². The highest BCUT2D eigenvalue weighted by Crippen LogP contribution is 2.35. The predicted molar refractivity (Wildman–Crippen MR) is 114 cm³/mol. The molecule has 0 aromatic heterocycles. The van der Waals surface area contributed by atoms with Gasteiger partial charge in [-0.2, -0.15) is 0 Å². The van der Waals surface area contributed by atoms with Gasteiger partial charge in [0.15, 0.2) is 0 Å². The normalized spacial score (nSPS) is 20.6. The number of esters is 1. The number of nitrogens with one attached hydrogen (secondary N) is 1. The quantitative estimate of drug-likeness (QED) is 0.434. The van der Waals surface area contributed by atoms with Crippen molar-refractivity contribution in [3.63, 3.8) is 0 Å². The molecule has 0 unspecified atom stereocenters. The Morgan fingerprint density at radius 1 is 1.16 bits per heavy atom. The minimum atomic E-state index is -0.731. The summed E-state index contributed by atoms with van der Waals surface area (Å²) in [7, 11) is 1.58. The summed E-state index contributed by atoms with van der Waals surface area (Å²) in [6.07, 6.45) is 4.85. The van der Waals surface area contributed by atoms with Gasteiger partial charge < -0.3 is 19.9 Å². The molecule has 5 amide bonds. The zero-order valence-electron chi connectivity index (χ0n) is 19.1. The fourth-order valence-corrected chi connectivity index (χ4v) is 4.79. The molecule has 1 spiro atoms. The molecule has 0 atom stereocenters. The molecule has 178 valence electrons. The van der Waals surface area contributed by atoms with Gasteiger partial charge in [-0.25, -0.2) is 4.79 Å². The molecule has 3 aliphatic rings. The molecule has 32 heavy (non-hydrogen) atoms. The Balaban J connectivity index is 1.38. The second-order valence-electron chi connectivity index (χ2n) is 8.94. The summed E-state index contributed by atoms with van der Waals surface area (Å²) in [4.78, 5) is 65.9. The first-order valence-corrected chi connectivity index (χ1v) is 11.6. The molecule has 0 aromatic carbocycles. The van der Waals surface area contributed by atoms with E-state index in [1.54, 1.807) is 18.9 Å². The molecule has 1 N–H and O–H groups in total. The van der Waals surface area contributed by atoms with Crippen LogP contribution in [0.25, 0.3) is 0 Å². The lowest BCUT2D eigenvalue weighted by Crippen LogP contribution is -2.45. The van der Waals surface area contributed by atoms with E-state index in [2.05, 4.69) is 5.32 Å². The second-order valence-corrected chi connectivity index (χ2v) is 8.94. The van der Waals surface area contributed by atoms with E-state index in [4.69, 9.17) is 4.74 Å². The van der Waals surface area contributed by atoms with E-state index in [0.29, 0.717) is 51.8 Å². The van der Waals surface area contributed by atoms with Crippen molar-refractivity contribution in [2.45, 2.75) is 63.8 Å². The van der Waals surface area contributed by atoms with Crippen molar-refractivity contribution in [1.82, 2.24) is 20.0 Å². The monoisotopic (exact) mass is 450 g/mol. The van der Waals surface area contributed by atoms with Crippen LogP contribution in [0.5, 0.6) is 0 Å². The maximum Gasteiger partial charge on any atom is 0.325 e. The Hall–Kier alpha value is -2.65. The first-order chi connectivity index (χ1) is 15.3. The van der Waals surface area contributed by atoms with Crippen LogP contribution in [0.2, 0.25) is 0 Å². The van der Waals surface area contributed by atoms with Gasteiger partial charge in [-0.15, -0.1) is 0 Å². The number of amides is 5. The fraction of sp³-hybridized carbons (Fsp3) is 0.773. The van der Waals surface area contributed by atoms with Gasteiger partial charge in [-0.05, 0) is 39.0 Å². The van der Waals surface area contributed by atoms with E-state index >= 15 is 0 Å². The van der Waals surface area contributed by atoms with E-state index in [-0.39, 0.29) is 55.2 Å². The molecule has 0 aromatic rings. The van der Waals surface area contributed by atoms with E-state index in [0.717, 1.165) is 12.8 Å². The predicted octanol–water partition coefficient (Wildman–Crippen LogP) is 0.891. The summed E-state index contributed by atoms with van der Waals surface area (Å²) in [5, 5.41) is 2.83. The first kappa shape index (κ1) is 24.0. The van der Waals surface area contributed by atoms with Crippen molar-refractivity contribution in [2.24, 2.45) is 5.92 Å². The van der Waals surface area contributed by atoms with Crippen LogP contribution < -0.4 is 5.32 Å². The zero-order chi connectivity index (χ0) is 23.3.